The molecule has 0 spiro atoms. The Morgan fingerprint density at radius 2 is 0.545 bits per heavy atom. The summed E-state index contributed by atoms with van der Waals surface area (Å²) >= 11 is 0. The molecule has 0 unspecified atom stereocenters. The van der Waals surface area contributed by atoms with E-state index in [-0.39, 0.29) is 22.4 Å². The molecule has 0 atom stereocenters. The number of hydrogen-bond donors (Lipinski definition) is 0. The quantitative estimate of drug-likeness (QED) is 0.109. The molecule has 340 valence electrons. The molecule has 5 aliphatic heterocycles. The minimum atomic E-state index is -2.18. The predicted molar refractivity (Wildman–Crippen MR) is 253 cm³/mol. The maximum absolute atomic E-state index is 6.90. The highest BCUT2D eigenvalue weighted by atomic mass is 31.2. The summed E-state index contributed by atoms with van der Waals surface area (Å²) < 4.78 is 73.1. The normalized spacial score (nSPS) is 17.8. The van der Waals surface area contributed by atoms with Gasteiger partial charge in [-0.2, -0.15) is 0 Å². The highest BCUT2D eigenvalue weighted by Gasteiger charge is 2.40. The van der Waals surface area contributed by atoms with Crippen molar-refractivity contribution in [2.75, 3.05) is 0 Å². The van der Waals surface area contributed by atoms with Gasteiger partial charge in [-0.25, -0.2) is 0 Å². The van der Waals surface area contributed by atoms with E-state index in [0.29, 0.717) is 75.4 Å². The lowest BCUT2D eigenvalue weighted by Crippen LogP contribution is -2.24. The largest absolute Gasteiger partial charge is 0.530 e. The van der Waals surface area contributed by atoms with E-state index >= 15 is 0 Å². The highest BCUT2D eigenvalue weighted by Crippen LogP contribution is 2.57. The van der Waals surface area contributed by atoms with E-state index in [1.165, 1.54) is 0 Å². The van der Waals surface area contributed by atoms with Gasteiger partial charge in [-0.15, -0.1) is 0 Å². The van der Waals surface area contributed by atoms with Crippen molar-refractivity contribution in [2.24, 2.45) is 0 Å². The van der Waals surface area contributed by atoms with Gasteiger partial charge < -0.3 is 50.8 Å². The van der Waals surface area contributed by atoms with Crippen molar-refractivity contribution in [1.82, 2.24) is 0 Å². The number of ether oxygens (including phenoxy) is 5. The van der Waals surface area contributed by atoms with Gasteiger partial charge in [0.15, 0.2) is 69.0 Å². The molecule has 6 aromatic rings. The number of fused-ring (bicyclic) bond motifs is 6. The molecule has 0 aromatic heterocycles. The first kappa shape index (κ1) is 42.6. The molecule has 5 aliphatic rings. The van der Waals surface area contributed by atoms with E-state index in [1.54, 1.807) is 0 Å². The van der Waals surface area contributed by atoms with Crippen LogP contribution in [0.2, 0.25) is 0 Å². The van der Waals surface area contributed by atoms with E-state index in [9.17, 15) is 0 Å². The molecule has 0 N–H and O–H groups in total. The number of hydrogen-bond acceptors (Lipinski definition) is 11. The van der Waals surface area contributed by atoms with Crippen molar-refractivity contribution in [3.05, 3.63) is 143 Å². The van der Waals surface area contributed by atoms with E-state index in [0.717, 1.165) is 59.1 Å². The van der Waals surface area contributed by atoms with Crippen molar-refractivity contribution in [1.29, 1.82) is 0 Å². The van der Waals surface area contributed by atoms with Crippen LogP contribution in [0.3, 0.4) is 0 Å². The Hall–Kier alpha value is -6.02. The summed E-state index contributed by atoms with van der Waals surface area (Å²) in [5.41, 5.74) is 4.48. The molecule has 0 saturated carbocycles. The molecule has 13 heteroatoms. The maximum atomic E-state index is 6.90. The summed E-state index contributed by atoms with van der Waals surface area (Å²) in [5.74, 6) is 6.65. The van der Waals surface area contributed by atoms with E-state index in [4.69, 9.17) is 50.8 Å². The first-order chi connectivity index (χ1) is 31.5. The zero-order chi connectivity index (χ0) is 45.6. The monoisotopic (exact) mass is 926 g/mol. The maximum Gasteiger partial charge on any atom is 0.530 e. The van der Waals surface area contributed by atoms with Gasteiger partial charge in [-0.3, -0.25) is 0 Å². The highest BCUT2D eigenvalue weighted by molar-refractivity contribution is 7.43. The van der Waals surface area contributed by atoms with Crippen LogP contribution in [-0.2, 0) is 32.1 Å². The molecule has 5 heterocycles. The van der Waals surface area contributed by atoms with Crippen molar-refractivity contribution in [2.45, 2.75) is 110 Å². The predicted octanol–water partition coefficient (Wildman–Crippen LogP) is 13.8. The summed E-state index contributed by atoms with van der Waals surface area (Å²) in [4.78, 5) is 0. The molecule has 0 fully saturated rings. The summed E-state index contributed by atoms with van der Waals surface area (Å²) in [6, 6.07) is 35.2. The third kappa shape index (κ3) is 8.37. The van der Waals surface area contributed by atoms with E-state index in [2.05, 4.69) is 79.7 Å². The van der Waals surface area contributed by atoms with Crippen LogP contribution in [0.25, 0.3) is 0 Å². The Balaban J connectivity index is 0.923. The van der Waals surface area contributed by atoms with Crippen LogP contribution < -0.4 is 50.8 Å². The fourth-order valence-corrected chi connectivity index (χ4v) is 11.4. The Morgan fingerprint density at radius 1 is 0.318 bits per heavy atom. The SMILES string of the molecule is CC1(C)Cc2cccc(OP(Oc3cccc4c3Oc3c(cccc3OP(Oc3cccc5c3OC(C)(C)C5)Oc3cccc5c3OC(C)(C)C5)C4)Oc3cccc4c3OC(C)(C)C4)c2O1. The lowest BCUT2D eigenvalue weighted by atomic mass is 10.00. The lowest BCUT2D eigenvalue weighted by Gasteiger charge is -2.27. The molecular weight excluding hydrogens is 875 g/mol. The third-order valence-corrected chi connectivity index (χ3v) is 14.0. The lowest BCUT2D eigenvalue weighted by molar-refractivity contribution is 0.134. The number of benzene rings is 6. The zero-order valence-electron chi connectivity index (χ0n) is 38.3. The summed E-state index contributed by atoms with van der Waals surface area (Å²) in [5, 5.41) is 0. The topological polar surface area (TPSA) is 102 Å². The van der Waals surface area contributed by atoms with Gasteiger partial charge in [0.25, 0.3) is 0 Å². The molecule has 6 aromatic carbocycles. The smallest absolute Gasteiger partial charge is 0.483 e. The molecule has 0 amide bonds. The Labute approximate surface area is 388 Å². The van der Waals surface area contributed by atoms with Crippen LogP contribution in [0, 0.1) is 0 Å². The van der Waals surface area contributed by atoms with Gasteiger partial charge in [0.2, 0.25) is 0 Å². The van der Waals surface area contributed by atoms with Gasteiger partial charge >= 0.3 is 17.2 Å². The Morgan fingerprint density at radius 3 is 0.803 bits per heavy atom. The standard InChI is InChI=1S/C53H52O11P2/c1-50(2)28-34-17-11-23-40(46(34)55-50)61-65(62-41-24-12-18-35-29-51(3,4)56-47(35)41)59-38-21-9-15-32-27-33-16-10-22-39(45(33)54-44(32)38)60-66(63-42-25-13-19-36-30-52(5,6)57-48(36)42)64-43-26-14-20-37-31-53(7,8)58-49(37)43/h9-26H,27-31H2,1-8H3. The van der Waals surface area contributed by atoms with Crippen LogP contribution in [0.5, 0.6) is 69.0 Å². The van der Waals surface area contributed by atoms with Crippen molar-refractivity contribution in [3.63, 3.8) is 0 Å². The van der Waals surface area contributed by atoms with Crippen LogP contribution in [0.4, 0.5) is 0 Å². The first-order valence-electron chi connectivity index (χ1n) is 22.4. The second-order valence-electron chi connectivity index (χ2n) is 19.9. The van der Waals surface area contributed by atoms with Gasteiger partial charge in [-0.05, 0) is 91.8 Å². The van der Waals surface area contributed by atoms with Gasteiger partial charge in [0.1, 0.15) is 22.4 Å². The fourth-order valence-electron chi connectivity index (χ4n) is 9.31. The fraction of sp³-hybridized carbons (Fsp3) is 0.321. The average molecular weight is 927 g/mol. The second-order valence-corrected chi connectivity index (χ2v) is 21.9. The van der Waals surface area contributed by atoms with Crippen molar-refractivity contribution < 1.29 is 50.8 Å². The summed E-state index contributed by atoms with van der Waals surface area (Å²) in [6.45, 7) is 16.5. The average Bonchev–Trinajstić information content (AvgIpc) is 3.97. The molecule has 0 bridgehead atoms. The zero-order valence-corrected chi connectivity index (χ0v) is 40.1. The van der Waals surface area contributed by atoms with E-state index < -0.39 is 17.2 Å². The molecule has 11 rings (SSSR count). The van der Waals surface area contributed by atoms with Gasteiger partial charge in [-0.1, -0.05) is 72.8 Å². The molecule has 0 radical (unpaired) electrons. The van der Waals surface area contributed by atoms with Crippen molar-refractivity contribution in [3.8, 4) is 69.0 Å². The molecular formula is C53H52O11P2. The van der Waals surface area contributed by atoms with Crippen LogP contribution in [0.1, 0.15) is 88.8 Å². The second kappa shape index (κ2) is 15.8. The molecule has 11 nitrogen and oxygen atoms in total. The number of para-hydroxylation sites is 6. The molecule has 66 heavy (non-hydrogen) atoms. The van der Waals surface area contributed by atoms with Crippen molar-refractivity contribution >= 4 is 17.2 Å². The summed E-state index contributed by atoms with van der Waals surface area (Å²) in [6.07, 6.45) is 3.52. The molecule has 0 aliphatic carbocycles. The summed E-state index contributed by atoms with van der Waals surface area (Å²) in [7, 11) is -4.35. The van der Waals surface area contributed by atoms with Crippen LogP contribution in [0.15, 0.2) is 109 Å². The minimum absolute atomic E-state index is 0.389. The van der Waals surface area contributed by atoms with E-state index in [1.807, 2.05) is 84.9 Å². The first-order valence-corrected chi connectivity index (χ1v) is 24.6. The number of rotatable bonds is 12. The minimum Gasteiger partial charge on any atom is -0.483 e. The Kier molecular flexibility index (Phi) is 10.2. The van der Waals surface area contributed by atoms with Crippen LogP contribution in [-0.4, -0.2) is 22.4 Å². The third-order valence-electron chi connectivity index (χ3n) is 12.0. The van der Waals surface area contributed by atoms with Crippen LogP contribution >= 0.6 is 17.2 Å². The van der Waals surface area contributed by atoms with Gasteiger partial charge in [0, 0.05) is 65.5 Å². The van der Waals surface area contributed by atoms with Gasteiger partial charge in [0.05, 0.1) is 0 Å². The Bertz CT molecular complexity index is 2560. The molecule has 0 saturated heterocycles.